The lowest BCUT2D eigenvalue weighted by molar-refractivity contribution is 0.0774. The number of amides is 1. The number of carbonyl (C=O) groups is 1. The van der Waals surface area contributed by atoms with Gasteiger partial charge in [-0.15, -0.1) is 0 Å². The summed E-state index contributed by atoms with van der Waals surface area (Å²) in [6.45, 7) is 8.13. The third kappa shape index (κ3) is 5.98. The van der Waals surface area contributed by atoms with Crippen LogP contribution in [0, 0.1) is 24.3 Å². The van der Waals surface area contributed by atoms with Gasteiger partial charge in [-0.1, -0.05) is 6.07 Å². The Morgan fingerprint density at radius 3 is 2.50 bits per heavy atom. The molecule has 5 rings (SSSR count). The summed E-state index contributed by atoms with van der Waals surface area (Å²) in [6.07, 6.45) is 5.64. The third-order valence-electron chi connectivity index (χ3n) is 7.14. The first-order valence-corrected chi connectivity index (χ1v) is 14.3. The highest BCUT2D eigenvalue weighted by molar-refractivity contribution is 14.1. The van der Waals surface area contributed by atoms with Gasteiger partial charge in [0.05, 0.1) is 34.1 Å². The van der Waals surface area contributed by atoms with Gasteiger partial charge in [0, 0.05) is 24.9 Å². The summed E-state index contributed by atoms with van der Waals surface area (Å²) in [5.74, 6) is 3.25. The molecule has 0 bridgehead atoms. The zero-order valence-corrected chi connectivity index (χ0v) is 24.3. The first kappa shape index (κ1) is 26.5. The van der Waals surface area contributed by atoms with Gasteiger partial charge in [-0.3, -0.25) is 9.79 Å². The maximum Gasteiger partial charge on any atom is 0.256 e. The Morgan fingerprint density at radius 2 is 1.68 bits per heavy atom. The summed E-state index contributed by atoms with van der Waals surface area (Å²) >= 11 is 2.28. The number of rotatable bonds is 9. The van der Waals surface area contributed by atoms with E-state index in [-0.39, 0.29) is 11.9 Å². The predicted molar refractivity (Wildman–Crippen MR) is 159 cm³/mol. The lowest BCUT2D eigenvalue weighted by Gasteiger charge is -2.20. The predicted octanol–water partition coefficient (Wildman–Crippen LogP) is 7.57. The van der Waals surface area contributed by atoms with E-state index in [4.69, 9.17) is 14.2 Å². The first-order chi connectivity index (χ1) is 18.4. The van der Waals surface area contributed by atoms with E-state index in [9.17, 15) is 4.79 Å². The minimum Gasteiger partial charge on any atom is -0.493 e. The number of benzene rings is 3. The number of aryl methyl sites for hydroxylation is 3. The van der Waals surface area contributed by atoms with Crippen molar-refractivity contribution in [3.8, 4) is 23.0 Å². The van der Waals surface area contributed by atoms with Crippen LogP contribution in [-0.4, -0.2) is 42.8 Å². The van der Waals surface area contributed by atoms with Crippen LogP contribution in [0.1, 0.15) is 52.7 Å². The molecule has 2 heterocycles. The molecule has 0 radical (unpaired) electrons. The molecule has 1 amide bonds. The van der Waals surface area contributed by atoms with Crippen molar-refractivity contribution in [2.75, 3.05) is 19.8 Å². The Bertz CT molecular complexity index is 1370. The van der Waals surface area contributed by atoms with E-state index in [2.05, 4.69) is 53.6 Å². The second-order valence-corrected chi connectivity index (χ2v) is 11.1. The molecule has 0 N–H and O–H groups in total. The minimum atomic E-state index is 0.0740. The van der Waals surface area contributed by atoms with Crippen molar-refractivity contribution < 1.29 is 19.0 Å². The summed E-state index contributed by atoms with van der Waals surface area (Å²) in [5, 5.41) is 0. The van der Waals surface area contributed by atoms with Gasteiger partial charge in [0.2, 0.25) is 0 Å². The highest BCUT2D eigenvalue weighted by atomic mass is 127. The molecule has 0 spiro atoms. The maximum absolute atomic E-state index is 13.0. The molecule has 3 aromatic carbocycles. The fourth-order valence-corrected chi connectivity index (χ4v) is 5.21. The molecular weight excluding hydrogens is 591 g/mol. The van der Waals surface area contributed by atoms with Crippen LogP contribution >= 0.6 is 22.6 Å². The van der Waals surface area contributed by atoms with E-state index >= 15 is 0 Å². The highest BCUT2D eigenvalue weighted by Crippen LogP contribution is 2.34. The molecule has 38 heavy (non-hydrogen) atoms. The number of hydrogen-bond donors (Lipinski definition) is 0. The number of carbonyl (C=O) groups excluding carboxylic acids is 1. The standard InChI is InChI=1S/C31H33IN2O4/c1-20-8-9-25(15-21(20)2)38-30-17-24(10-11-27(30)32)36-13-4-5-14-37-29-18-28-26(16-22(29)3)31(35)34-12-6-7-23(34)19-33-28/h8-11,15-19,23H,4-7,12-14H2,1-3H3/t23-/m0/s1. The highest BCUT2D eigenvalue weighted by Gasteiger charge is 2.32. The molecule has 198 valence electrons. The molecule has 0 unspecified atom stereocenters. The van der Waals surface area contributed by atoms with Crippen LogP contribution in [0.25, 0.3) is 0 Å². The van der Waals surface area contributed by atoms with Crippen molar-refractivity contribution in [1.82, 2.24) is 4.90 Å². The summed E-state index contributed by atoms with van der Waals surface area (Å²) in [6, 6.07) is 16.0. The fraction of sp³-hybridized carbons (Fsp3) is 0.355. The van der Waals surface area contributed by atoms with E-state index in [1.54, 1.807) is 0 Å². The lowest BCUT2D eigenvalue weighted by Crippen LogP contribution is -2.35. The van der Waals surface area contributed by atoms with Crippen molar-refractivity contribution in [2.24, 2.45) is 4.99 Å². The van der Waals surface area contributed by atoms with Gasteiger partial charge >= 0.3 is 0 Å². The van der Waals surface area contributed by atoms with Gasteiger partial charge < -0.3 is 19.1 Å². The second kappa shape index (κ2) is 11.8. The smallest absolute Gasteiger partial charge is 0.256 e. The third-order valence-corrected chi connectivity index (χ3v) is 8.03. The number of halogens is 1. The largest absolute Gasteiger partial charge is 0.493 e. The van der Waals surface area contributed by atoms with Crippen LogP contribution in [0.3, 0.4) is 0 Å². The Kier molecular flexibility index (Phi) is 8.21. The van der Waals surface area contributed by atoms with Crippen LogP contribution in [0.5, 0.6) is 23.0 Å². The fourth-order valence-electron chi connectivity index (χ4n) is 4.76. The summed E-state index contributed by atoms with van der Waals surface area (Å²) in [4.78, 5) is 19.5. The van der Waals surface area contributed by atoms with Crippen molar-refractivity contribution in [3.05, 3.63) is 74.4 Å². The lowest BCUT2D eigenvalue weighted by atomic mass is 10.1. The summed E-state index contributed by atoms with van der Waals surface area (Å²) in [7, 11) is 0. The van der Waals surface area contributed by atoms with Gasteiger partial charge in [0.25, 0.3) is 5.91 Å². The van der Waals surface area contributed by atoms with Crippen LogP contribution in [0.2, 0.25) is 0 Å². The monoisotopic (exact) mass is 624 g/mol. The molecule has 2 aliphatic rings. The summed E-state index contributed by atoms with van der Waals surface area (Å²) in [5.41, 5.74) is 4.77. The van der Waals surface area contributed by atoms with Crippen molar-refractivity contribution in [1.29, 1.82) is 0 Å². The molecule has 1 fully saturated rings. The number of nitrogens with zero attached hydrogens (tertiary/aromatic N) is 2. The van der Waals surface area contributed by atoms with Gasteiger partial charge in [0.15, 0.2) is 0 Å². The molecule has 1 saturated heterocycles. The number of ether oxygens (including phenoxy) is 3. The zero-order valence-electron chi connectivity index (χ0n) is 22.1. The molecule has 1 atom stereocenters. The average molecular weight is 625 g/mol. The van der Waals surface area contributed by atoms with Crippen LogP contribution in [0.4, 0.5) is 5.69 Å². The van der Waals surface area contributed by atoms with E-state index in [1.807, 2.05) is 54.4 Å². The van der Waals surface area contributed by atoms with E-state index in [0.29, 0.717) is 24.5 Å². The van der Waals surface area contributed by atoms with Gasteiger partial charge in [0.1, 0.15) is 23.0 Å². The van der Waals surface area contributed by atoms with Gasteiger partial charge in [-0.05, 0) is 116 Å². The molecular formula is C31H33IN2O4. The number of fused-ring (bicyclic) bond motifs is 2. The molecule has 3 aromatic rings. The average Bonchev–Trinajstić information content (AvgIpc) is 3.33. The van der Waals surface area contributed by atoms with Crippen molar-refractivity contribution in [3.63, 3.8) is 0 Å². The normalized spacial score (nSPS) is 16.2. The van der Waals surface area contributed by atoms with Crippen LogP contribution in [-0.2, 0) is 0 Å². The van der Waals surface area contributed by atoms with Crippen LogP contribution < -0.4 is 14.2 Å². The van der Waals surface area contributed by atoms with Crippen molar-refractivity contribution >= 4 is 40.4 Å². The van der Waals surface area contributed by atoms with Gasteiger partial charge in [-0.2, -0.15) is 0 Å². The Hall–Kier alpha value is -3.07. The topological polar surface area (TPSA) is 60.4 Å². The number of hydrogen-bond acceptors (Lipinski definition) is 5. The second-order valence-electron chi connectivity index (χ2n) is 9.97. The van der Waals surface area contributed by atoms with Crippen molar-refractivity contribution in [2.45, 2.75) is 52.5 Å². The van der Waals surface area contributed by atoms with E-state index < -0.39 is 0 Å². The molecule has 0 aliphatic carbocycles. The zero-order chi connectivity index (χ0) is 26.6. The first-order valence-electron chi connectivity index (χ1n) is 13.2. The molecule has 0 aromatic heterocycles. The van der Waals surface area contributed by atoms with E-state index in [1.165, 1.54) is 11.1 Å². The van der Waals surface area contributed by atoms with Gasteiger partial charge in [-0.25, -0.2) is 0 Å². The van der Waals surface area contributed by atoms with Crippen LogP contribution in [0.15, 0.2) is 53.5 Å². The Balaban J connectivity index is 1.11. The minimum absolute atomic E-state index is 0.0740. The van der Waals surface area contributed by atoms with E-state index in [0.717, 1.165) is 64.4 Å². The number of aliphatic imine (C=N–C) groups is 1. The quantitative estimate of drug-likeness (QED) is 0.182. The summed E-state index contributed by atoms with van der Waals surface area (Å²) < 4.78 is 19.2. The SMILES string of the molecule is Cc1ccc(Oc2cc(OCCCCOc3cc4c(cc3C)C(=O)N3CCC[C@H]3C=N4)ccc2I)cc1C. The Morgan fingerprint density at radius 1 is 0.895 bits per heavy atom. The maximum atomic E-state index is 13.0. The molecule has 6 nitrogen and oxygen atoms in total. The molecule has 7 heteroatoms. The molecule has 0 saturated carbocycles. The Labute approximate surface area is 238 Å². The number of unbranched alkanes of at least 4 members (excludes halogenated alkanes) is 1. The molecule has 2 aliphatic heterocycles.